The van der Waals surface area contributed by atoms with Gasteiger partial charge in [-0.05, 0) is 43.9 Å². The number of amides is 1. The van der Waals surface area contributed by atoms with Crippen molar-refractivity contribution in [1.82, 2.24) is 9.88 Å². The number of hydrogen-bond acceptors (Lipinski definition) is 4. The molecular formula is C20H24N2O4. The molecule has 1 fully saturated rings. The number of likely N-dealkylation sites (N-methyl/N-ethyl adjacent to an activating group) is 1. The topological polar surface area (TPSA) is 75.5 Å². The minimum absolute atomic E-state index is 0.0237. The Labute approximate surface area is 152 Å². The highest BCUT2D eigenvalue weighted by atomic mass is 16.5. The Balaban J connectivity index is 1.56. The van der Waals surface area contributed by atoms with E-state index < -0.39 is 0 Å². The van der Waals surface area contributed by atoms with Gasteiger partial charge in [0.15, 0.2) is 5.78 Å². The number of nitrogens with zero attached hydrogens (tertiary/aromatic N) is 1. The summed E-state index contributed by atoms with van der Waals surface area (Å²) in [5.41, 5.74) is 2.80. The molecule has 0 aromatic carbocycles. The van der Waals surface area contributed by atoms with Gasteiger partial charge in [-0.2, -0.15) is 0 Å². The maximum Gasteiger partial charge on any atom is 0.270 e. The summed E-state index contributed by atoms with van der Waals surface area (Å²) in [4.78, 5) is 30.5. The van der Waals surface area contributed by atoms with E-state index in [1.807, 2.05) is 19.1 Å². The predicted octanol–water partition coefficient (Wildman–Crippen LogP) is 3.08. The summed E-state index contributed by atoms with van der Waals surface area (Å²) in [7, 11) is 1.79. The molecule has 138 valence electrons. The van der Waals surface area contributed by atoms with Crippen molar-refractivity contribution in [1.29, 1.82) is 0 Å². The number of carbonyl (C=O) groups excluding carboxylic acids is 2. The first-order valence-electron chi connectivity index (χ1n) is 9.19. The van der Waals surface area contributed by atoms with E-state index in [9.17, 15) is 9.59 Å². The Morgan fingerprint density at radius 1 is 1.38 bits per heavy atom. The summed E-state index contributed by atoms with van der Waals surface area (Å²) < 4.78 is 11.1. The fraction of sp³-hybridized carbons (Fsp3) is 0.500. The summed E-state index contributed by atoms with van der Waals surface area (Å²) in [6, 6.07) is 3.74. The van der Waals surface area contributed by atoms with Crippen LogP contribution in [0, 0.1) is 6.92 Å². The molecule has 6 nitrogen and oxygen atoms in total. The summed E-state index contributed by atoms with van der Waals surface area (Å²) in [5, 5.41) is 0. The average Bonchev–Trinajstić information content (AvgIpc) is 3.35. The quantitative estimate of drug-likeness (QED) is 0.913. The van der Waals surface area contributed by atoms with E-state index in [1.165, 1.54) is 0 Å². The number of H-pyrrole nitrogens is 1. The van der Waals surface area contributed by atoms with Crippen molar-refractivity contribution in [3.63, 3.8) is 0 Å². The highest BCUT2D eigenvalue weighted by molar-refractivity contribution is 6.04. The van der Waals surface area contributed by atoms with E-state index in [0.717, 1.165) is 36.5 Å². The van der Waals surface area contributed by atoms with Crippen molar-refractivity contribution < 1.29 is 18.7 Å². The molecule has 6 heteroatoms. The molecule has 1 saturated heterocycles. The van der Waals surface area contributed by atoms with E-state index in [-0.39, 0.29) is 23.7 Å². The smallest absolute Gasteiger partial charge is 0.270 e. The van der Waals surface area contributed by atoms with Gasteiger partial charge in [-0.3, -0.25) is 9.59 Å². The number of furan rings is 1. The average molecular weight is 356 g/mol. The van der Waals surface area contributed by atoms with Gasteiger partial charge in [0.25, 0.3) is 5.91 Å². The van der Waals surface area contributed by atoms with Crippen molar-refractivity contribution in [3.8, 4) is 0 Å². The summed E-state index contributed by atoms with van der Waals surface area (Å²) in [6.45, 7) is 3.20. The number of fused-ring (bicyclic) bond motifs is 1. The number of rotatable bonds is 4. The van der Waals surface area contributed by atoms with E-state index in [1.54, 1.807) is 18.2 Å². The van der Waals surface area contributed by atoms with Crippen LogP contribution in [0.25, 0.3) is 0 Å². The van der Waals surface area contributed by atoms with Gasteiger partial charge >= 0.3 is 0 Å². The highest BCUT2D eigenvalue weighted by Gasteiger charge is 2.33. The minimum atomic E-state index is -0.0882. The van der Waals surface area contributed by atoms with E-state index >= 15 is 0 Å². The summed E-state index contributed by atoms with van der Waals surface area (Å²) >= 11 is 0. The molecule has 0 radical (unpaired) electrons. The fourth-order valence-electron chi connectivity index (χ4n) is 4.14. The Bertz CT molecular complexity index is 815. The van der Waals surface area contributed by atoms with Crippen molar-refractivity contribution in [2.75, 3.05) is 20.2 Å². The highest BCUT2D eigenvalue weighted by Crippen LogP contribution is 2.35. The third-order valence-corrected chi connectivity index (χ3v) is 5.50. The van der Waals surface area contributed by atoms with Crippen molar-refractivity contribution in [2.45, 2.75) is 44.6 Å². The van der Waals surface area contributed by atoms with Crippen LogP contribution in [0.15, 0.2) is 22.8 Å². The molecule has 0 bridgehead atoms. The van der Waals surface area contributed by atoms with Gasteiger partial charge in [0.1, 0.15) is 11.5 Å². The molecule has 4 rings (SSSR count). The second-order valence-corrected chi connectivity index (χ2v) is 7.34. The first-order chi connectivity index (χ1) is 12.5. The number of carbonyl (C=O) groups is 2. The Morgan fingerprint density at radius 2 is 2.23 bits per heavy atom. The van der Waals surface area contributed by atoms with Crippen LogP contribution < -0.4 is 0 Å². The molecule has 0 spiro atoms. The molecule has 26 heavy (non-hydrogen) atoms. The lowest BCUT2D eigenvalue weighted by molar-refractivity contribution is 0.0582. The van der Waals surface area contributed by atoms with Gasteiger partial charge in [0, 0.05) is 43.8 Å². The Morgan fingerprint density at radius 3 is 2.92 bits per heavy atom. The van der Waals surface area contributed by atoms with Crippen LogP contribution in [0.2, 0.25) is 0 Å². The maximum absolute atomic E-state index is 12.9. The van der Waals surface area contributed by atoms with Crippen molar-refractivity contribution in [2.24, 2.45) is 0 Å². The summed E-state index contributed by atoms with van der Waals surface area (Å²) in [5.74, 6) is 0.826. The molecule has 3 heterocycles. The number of ether oxygens (including phenoxy) is 1. The number of aromatic nitrogens is 1. The van der Waals surface area contributed by atoms with Crippen LogP contribution in [-0.2, 0) is 11.2 Å². The number of aromatic amines is 1. The molecule has 2 aromatic rings. The Hall–Kier alpha value is -2.34. The molecule has 2 aromatic heterocycles. The molecule has 1 N–H and O–H groups in total. The van der Waals surface area contributed by atoms with Gasteiger partial charge in [-0.15, -0.1) is 0 Å². The maximum atomic E-state index is 12.9. The van der Waals surface area contributed by atoms with Gasteiger partial charge in [0.05, 0.1) is 12.4 Å². The first kappa shape index (κ1) is 17.1. The van der Waals surface area contributed by atoms with Crippen LogP contribution in [0.3, 0.4) is 0 Å². The third kappa shape index (κ3) is 2.98. The standard InChI is InChI=1S/C20H24N2O4/c1-12-18-15(9-13(10-16(18)23)17-6-4-8-26-17)21-19(12)20(24)22(2)11-14-5-3-7-25-14/h4,6,8,13-14,21H,3,5,7,9-11H2,1-2H3. The van der Waals surface area contributed by atoms with Gasteiger partial charge in [-0.1, -0.05) is 0 Å². The van der Waals surface area contributed by atoms with Gasteiger partial charge in [0.2, 0.25) is 0 Å². The second-order valence-electron chi connectivity index (χ2n) is 7.34. The third-order valence-electron chi connectivity index (χ3n) is 5.50. The van der Waals surface area contributed by atoms with Crippen LogP contribution in [0.5, 0.6) is 0 Å². The SMILES string of the molecule is Cc1c(C(=O)N(C)CC2CCCO2)[nH]c2c1C(=O)CC(c1ccco1)C2. The van der Waals surface area contributed by atoms with Crippen molar-refractivity contribution >= 4 is 11.7 Å². The summed E-state index contributed by atoms with van der Waals surface area (Å²) in [6.07, 6.45) is 4.87. The molecule has 1 aliphatic carbocycles. The second kappa shape index (κ2) is 6.76. The molecule has 1 amide bonds. The van der Waals surface area contributed by atoms with Gasteiger partial charge in [-0.25, -0.2) is 0 Å². The van der Waals surface area contributed by atoms with Crippen LogP contribution in [0.1, 0.15) is 63.0 Å². The van der Waals surface area contributed by atoms with Crippen molar-refractivity contribution in [3.05, 3.63) is 46.7 Å². The zero-order valence-electron chi connectivity index (χ0n) is 15.2. The predicted molar refractivity (Wildman–Crippen MR) is 95.6 cm³/mol. The van der Waals surface area contributed by atoms with E-state index in [0.29, 0.717) is 30.6 Å². The normalized spacial score (nSPS) is 22.5. The lowest BCUT2D eigenvalue weighted by Crippen LogP contribution is -2.34. The number of nitrogens with one attached hydrogen (secondary N) is 1. The molecule has 2 aliphatic rings. The zero-order valence-corrected chi connectivity index (χ0v) is 15.2. The minimum Gasteiger partial charge on any atom is -0.469 e. The van der Waals surface area contributed by atoms with Gasteiger partial charge < -0.3 is 19.0 Å². The van der Waals surface area contributed by atoms with E-state index in [4.69, 9.17) is 9.15 Å². The molecule has 1 aliphatic heterocycles. The van der Waals surface area contributed by atoms with Crippen LogP contribution in [0.4, 0.5) is 0 Å². The number of ketones is 1. The molecule has 0 saturated carbocycles. The molecule has 2 unspecified atom stereocenters. The number of Topliss-reactive ketones (excluding diaryl/α,β-unsaturated/α-hetero) is 1. The van der Waals surface area contributed by atoms with E-state index in [2.05, 4.69) is 4.98 Å². The lowest BCUT2D eigenvalue weighted by atomic mass is 9.84. The van der Waals surface area contributed by atoms with Crippen LogP contribution in [-0.4, -0.2) is 47.9 Å². The zero-order chi connectivity index (χ0) is 18.3. The Kier molecular flexibility index (Phi) is 4.44. The first-order valence-corrected chi connectivity index (χ1v) is 9.19. The monoisotopic (exact) mass is 356 g/mol. The lowest BCUT2D eigenvalue weighted by Gasteiger charge is -2.20. The largest absolute Gasteiger partial charge is 0.469 e. The fourth-order valence-corrected chi connectivity index (χ4v) is 4.14. The number of hydrogen-bond donors (Lipinski definition) is 1. The van der Waals surface area contributed by atoms with Crippen LogP contribution >= 0.6 is 0 Å². The molecular weight excluding hydrogens is 332 g/mol. The molecule has 2 atom stereocenters.